The zero-order valence-corrected chi connectivity index (χ0v) is 16.6. The van der Waals surface area contributed by atoms with Crippen LogP contribution in [0.3, 0.4) is 0 Å². The minimum absolute atomic E-state index is 0.00393. The number of carbonyl (C=O) groups is 2. The zero-order chi connectivity index (χ0) is 20.1. The van der Waals surface area contributed by atoms with Crippen molar-refractivity contribution in [1.82, 2.24) is 9.80 Å². The van der Waals surface area contributed by atoms with Gasteiger partial charge in [-0.2, -0.15) is 0 Å². The molecule has 28 heavy (non-hydrogen) atoms. The lowest BCUT2D eigenvalue weighted by Crippen LogP contribution is -2.45. The number of likely N-dealkylation sites (tertiary alicyclic amines) is 1. The van der Waals surface area contributed by atoms with E-state index in [0.717, 1.165) is 11.3 Å². The predicted octanol–water partition coefficient (Wildman–Crippen LogP) is 4.12. The smallest absolute Gasteiger partial charge is 0.319 e. The quantitative estimate of drug-likeness (QED) is 0.867. The normalized spacial score (nSPS) is 14.5. The third kappa shape index (κ3) is 4.82. The van der Waals surface area contributed by atoms with Gasteiger partial charge in [-0.1, -0.05) is 24.3 Å². The summed E-state index contributed by atoms with van der Waals surface area (Å²) in [6.07, 6.45) is 1.32. The highest BCUT2D eigenvalue weighted by atomic mass is 16.5. The first-order chi connectivity index (χ1) is 13.4. The highest BCUT2D eigenvalue weighted by molar-refractivity contribution is 5.94. The Labute approximate surface area is 166 Å². The molecule has 0 aromatic heterocycles. The fourth-order valence-corrected chi connectivity index (χ4v) is 3.32. The minimum atomic E-state index is -0.113. The fraction of sp³-hybridized carbons (Fsp3) is 0.364. The second kappa shape index (κ2) is 8.78. The van der Waals surface area contributed by atoms with Gasteiger partial charge >= 0.3 is 6.03 Å². The molecule has 2 aromatic rings. The Balaban J connectivity index is 1.63. The highest BCUT2D eigenvalue weighted by Gasteiger charge is 2.28. The second-order valence-corrected chi connectivity index (χ2v) is 7.34. The van der Waals surface area contributed by atoms with Crippen LogP contribution >= 0.6 is 0 Å². The van der Waals surface area contributed by atoms with Crippen LogP contribution in [0.2, 0.25) is 0 Å². The molecule has 6 heteroatoms. The summed E-state index contributed by atoms with van der Waals surface area (Å²) in [5, 5.41) is 3.00. The Morgan fingerprint density at radius 2 is 1.79 bits per heavy atom. The van der Waals surface area contributed by atoms with E-state index < -0.39 is 0 Å². The molecule has 1 heterocycles. The monoisotopic (exact) mass is 381 g/mol. The Morgan fingerprint density at radius 3 is 2.46 bits per heavy atom. The lowest BCUT2D eigenvalue weighted by molar-refractivity contribution is -0.121. The van der Waals surface area contributed by atoms with Crippen molar-refractivity contribution in [2.75, 3.05) is 32.5 Å². The Kier molecular flexibility index (Phi) is 6.19. The van der Waals surface area contributed by atoms with E-state index in [4.69, 9.17) is 4.74 Å². The number of ether oxygens (including phenoxy) is 1. The average molecular weight is 381 g/mol. The molecule has 0 spiro atoms. The first-order valence-electron chi connectivity index (χ1n) is 9.54. The molecular formula is C22H27N3O3. The van der Waals surface area contributed by atoms with Gasteiger partial charge in [0.15, 0.2) is 5.75 Å². The van der Waals surface area contributed by atoms with E-state index in [1.165, 1.54) is 0 Å². The number of para-hydroxylation sites is 2. The van der Waals surface area contributed by atoms with Crippen molar-refractivity contribution in [2.45, 2.75) is 19.8 Å². The number of hydrogen-bond acceptors (Lipinski definition) is 3. The third-order valence-corrected chi connectivity index (χ3v) is 4.88. The number of benzene rings is 2. The molecule has 1 N–H and O–H groups in total. The number of nitrogens with one attached hydrogen (secondary N) is 1. The number of hydrogen-bond donors (Lipinski definition) is 1. The molecule has 1 aliphatic rings. The van der Waals surface area contributed by atoms with Crippen LogP contribution in [0.4, 0.5) is 10.5 Å². The molecule has 3 amide bonds. The van der Waals surface area contributed by atoms with Gasteiger partial charge in [-0.3, -0.25) is 4.79 Å². The number of urea groups is 1. The molecule has 2 aromatic carbocycles. The number of piperidine rings is 1. The lowest BCUT2D eigenvalue weighted by Gasteiger charge is -2.33. The summed E-state index contributed by atoms with van der Waals surface area (Å²) in [6, 6.07) is 15.2. The first kappa shape index (κ1) is 19.7. The summed E-state index contributed by atoms with van der Waals surface area (Å²) in [6.45, 7) is 3.20. The topological polar surface area (TPSA) is 61.9 Å². The minimum Gasteiger partial charge on any atom is -0.455 e. The summed E-state index contributed by atoms with van der Waals surface area (Å²) in [5.74, 6) is 1.20. The first-order valence-corrected chi connectivity index (χ1v) is 9.54. The largest absolute Gasteiger partial charge is 0.455 e. The number of nitrogens with zero attached hydrogens (tertiary/aromatic N) is 2. The van der Waals surface area contributed by atoms with Crippen molar-refractivity contribution >= 4 is 17.6 Å². The third-order valence-electron chi connectivity index (χ3n) is 4.88. The number of carbonyl (C=O) groups excluding carboxylic acids is 2. The maximum Gasteiger partial charge on any atom is 0.319 e. The number of amides is 3. The van der Waals surface area contributed by atoms with Crippen molar-refractivity contribution in [3.05, 3.63) is 54.1 Å². The van der Waals surface area contributed by atoms with Crippen LogP contribution in [0.15, 0.2) is 48.5 Å². The van der Waals surface area contributed by atoms with E-state index in [1.807, 2.05) is 55.5 Å². The second-order valence-electron chi connectivity index (χ2n) is 7.34. The molecule has 0 atom stereocenters. The van der Waals surface area contributed by atoms with Gasteiger partial charge in [0.1, 0.15) is 5.75 Å². The van der Waals surface area contributed by atoms with E-state index in [0.29, 0.717) is 37.4 Å². The van der Waals surface area contributed by atoms with Crippen molar-refractivity contribution < 1.29 is 14.3 Å². The molecule has 3 rings (SSSR count). The van der Waals surface area contributed by atoms with E-state index in [9.17, 15) is 9.59 Å². The van der Waals surface area contributed by atoms with Crippen molar-refractivity contribution in [2.24, 2.45) is 5.92 Å². The van der Waals surface area contributed by atoms with Gasteiger partial charge in [0.05, 0.1) is 5.69 Å². The SMILES string of the molecule is Cc1cccc(Oc2ccccc2NC(=O)C2CCN(C(=O)N(C)C)CC2)c1. The summed E-state index contributed by atoms with van der Waals surface area (Å²) in [5.41, 5.74) is 1.76. The van der Waals surface area contributed by atoms with Gasteiger partial charge < -0.3 is 19.9 Å². The number of aryl methyl sites for hydroxylation is 1. The molecule has 0 bridgehead atoms. The van der Waals surface area contributed by atoms with Gasteiger partial charge in [-0.25, -0.2) is 4.79 Å². The molecule has 6 nitrogen and oxygen atoms in total. The van der Waals surface area contributed by atoms with E-state index >= 15 is 0 Å². The summed E-state index contributed by atoms with van der Waals surface area (Å²) < 4.78 is 5.98. The Hall–Kier alpha value is -3.02. The lowest BCUT2D eigenvalue weighted by atomic mass is 9.96. The number of anilines is 1. The molecule has 1 aliphatic heterocycles. The van der Waals surface area contributed by atoms with Crippen LogP contribution in [0.1, 0.15) is 18.4 Å². The Morgan fingerprint density at radius 1 is 1.07 bits per heavy atom. The molecule has 0 saturated carbocycles. The summed E-state index contributed by atoms with van der Waals surface area (Å²) in [4.78, 5) is 28.2. The van der Waals surface area contributed by atoms with Crippen LogP contribution in [-0.2, 0) is 4.79 Å². The van der Waals surface area contributed by atoms with Crippen molar-refractivity contribution in [3.8, 4) is 11.5 Å². The number of rotatable bonds is 4. The standard InChI is InChI=1S/C22H27N3O3/c1-16-7-6-8-18(15-16)28-20-10-5-4-9-19(20)23-21(26)17-11-13-25(14-12-17)22(27)24(2)3/h4-10,15,17H,11-14H2,1-3H3,(H,23,26). The van der Waals surface area contributed by atoms with Gasteiger partial charge in [-0.05, 0) is 49.6 Å². The van der Waals surface area contributed by atoms with Crippen LogP contribution in [-0.4, -0.2) is 48.9 Å². The van der Waals surface area contributed by atoms with Crippen LogP contribution in [0, 0.1) is 12.8 Å². The fourth-order valence-electron chi connectivity index (χ4n) is 3.32. The molecule has 1 fully saturated rings. The van der Waals surface area contributed by atoms with Gasteiger partial charge in [0.25, 0.3) is 0 Å². The summed E-state index contributed by atoms with van der Waals surface area (Å²) in [7, 11) is 3.48. The molecule has 0 radical (unpaired) electrons. The molecule has 0 aliphatic carbocycles. The molecule has 1 saturated heterocycles. The van der Waals surface area contributed by atoms with Crippen LogP contribution in [0.25, 0.3) is 0 Å². The molecule has 0 unspecified atom stereocenters. The maximum atomic E-state index is 12.8. The van der Waals surface area contributed by atoms with Gasteiger partial charge in [0.2, 0.25) is 5.91 Å². The zero-order valence-electron chi connectivity index (χ0n) is 16.6. The van der Waals surface area contributed by atoms with Crippen LogP contribution in [0.5, 0.6) is 11.5 Å². The summed E-state index contributed by atoms with van der Waals surface area (Å²) >= 11 is 0. The maximum absolute atomic E-state index is 12.8. The predicted molar refractivity (Wildman–Crippen MR) is 110 cm³/mol. The molecule has 148 valence electrons. The van der Waals surface area contributed by atoms with Crippen LogP contribution < -0.4 is 10.1 Å². The van der Waals surface area contributed by atoms with E-state index in [2.05, 4.69) is 5.32 Å². The van der Waals surface area contributed by atoms with Gasteiger partial charge in [-0.15, -0.1) is 0 Å². The van der Waals surface area contributed by atoms with E-state index in [1.54, 1.807) is 23.9 Å². The van der Waals surface area contributed by atoms with Crippen molar-refractivity contribution in [3.63, 3.8) is 0 Å². The average Bonchev–Trinajstić information content (AvgIpc) is 2.69. The molecular weight excluding hydrogens is 354 g/mol. The van der Waals surface area contributed by atoms with Crippen molar-refractivity contribution in [1.29, 1.82) is 0 Å². The van der Waals surface area contributed by atoms with E-state index in [-0.39, 0.29) is 17.9 Å². The highest BCUT2D eigenvalue weighted by Crippen LogP contribution is 2.30. The Bertz CT molecular complexity index is 842. The van der Waals surface area contributed by atoms with Gasteiger partial charge in [0, 0.05) is 33.1 Å².